The van der Waals surface area contributed by atoms with Gasteiger partial charge in [0.2, 0.25) is 0 Å². The van der Waals surface area contributed by atoms with Gasteiger partial charge in [-0.2, -0.15) is 5.10 Å². The van der Waals surface area contributed by atoms with Crippen LogP contribution in [0.3, 0.4) is 0 Å². The molecule has 0 radical (unpaired) electrons. The monoisotopic (exact) mass is 280 g/mol. The van der Waals surface area contributed by atoms with Crippen LogP contribution in [0.25, 0.3) is 10.9 Å². The van der Waals surface area contributed by atoms with Crippen LogP contribution in [-0.2, 0) is 7.05 Å². The Kier molecular flexibility index (Phi) is 3.17. The van der Waals surface area contributed by atoms with Crippen molar-refractivity contribution < 1.29 is 4.79 Å². The number of carbonyl (C=O) groups is 1. The highest BCUT2D eigenvalue weighted by atomic mass is 16.1. The van der Waals surface area contributed by atoms with Gasteiger partial charge in [0, 0.05) is 24.2 Å². The molecular weight excluding hydrogens is 264 g/mol. The smallest absolute Gasteiger partial charge is 0.257 e. The van der Waals surface area contributed by atoms with E-state index in [2.05, 4.69) is 15.4 Å². The van der Waals surface area contributed by atoms with Crippen molar-refractivity contribution in [1.82, 2.24) is 14.8 Å². The Morgan fingerprint density at radius 1 is 1.14 bits per heavy atom. The number of nitrogens with one attached hydrogen (secondary N) is 1. The third-order valence-electron chi connectivity index (χ3n) is 3.33. The molecule has 3 rings (SSSR count). The summed E-state index contributed by atoms with van der Waals surface area (Å²) in [6.45, 7) is 3.78. The Morgan fingerprint density at radius 3 is 2.62 bits per heavy atom. The molecule has 0 saturated carbocycles. The molecule has 0 unspecified atom stereocenters. The number of carbonyl (C=O) groups excluding carboxylic acids is 1. The molecule has 0 bridgehead atoms. The van der Waals surface area contributed by atoms with Crippen molar-refractivity contribution in [3.05, 3.63) is 53.3 Å². The molecule has 1 N–H and O–H groups in total. The predicted octanol–water partition coefficient (Wildman–Crippen LogP) is 2.84. The molecule has 2 aromatic heterocycles. The van der Waals surface area contributed by atoms with Crippen LogP contribution in [0.2, 0.25) is 0 Å². The molecule has 0 aliphatic carbocycles. The first-order chi connectivity index (χ1) is 10.0. The van der Waals surface area contributed by atoms with Gasteiger partial charge in [-0.25, -0.2) is 0 Å². The zero-order valence-electron chi connectivity index (χ0n) is 12.2. The highest BCUT2D eigenvalue weighted by Gasteiger charge is 2.13. The number of hydrogen-bond acceptors (Lipinski definition) is 3. The number of nitrogens with zero attached hydrogens (tertiary/aromatic N) is 3. The number of para-hydroxylation sites is 1. The van der Waals surface area contributed by atoms with Gasteiger partial charge in [0.25, 0.3) is 5.91 Å². The second-order valence-corrected chi connectivity index (χ2v) is 5.08. The van der Waals surface area contributed by atoms with Crippen LogP contribution in [0, 0.1) is 13.8 Å². The largest absolute Gasteiger partial charge is 0.307 e. The molecule has 1 aromatic carbocycles. The molecule has 106 valence electrons. The lowest BCUT2D eigenvalue weighted by Gasteiger charge is -2.09. The fourth-order valence-electron chi connectivity index (χ4n) is 2.41. The fraction of sp³-hybridized carbons (Fsp3) is 0.188. The Hall–Kier alpha value is -2.69. The maximum atomic E-state index is 12.6. The number of aryl methyl sites for hydroxylation is 3. The second kappa shape index (κ2) is 5.01. The van der Waals surface area contributed by atoms with Crippen molar-refractivity contribution in [2.75, 3.05) is 5.32 Å². The van der Waals surface area contributed by atoms with Gasteiger partial charge < -0.3 is 5.32 Å². The van der Waals surface area contributed by atoms with Crippen LogP contribution < -0.4 is 5.32 Å². The van der Waals surface area contributed by atoms with E-state index < -0.39 is 0 Å². The van der Waals surface area contributed by atoms with Crippen molar-refractivity contribution in [2.45, 2.75) is 13.8 Å². The molecule has 0 aliphatic heterocycles. The lowest BCUT2D eigenvalue weighted by molar-refractivity contribution is 0.102. The summed E-state index contributed by atoms with van der Waals surface area (Å²) in [4.78, 5) is 17.0. The number of anilines is 1. The van der Waals surface area contributed by atoms with Gasteiger partial charge in [-0.15, -0.1) is 0 Å². The summed E-state index contributed by atoms with van der Waals surface area (Å²) < 4.78 is 1.66. The highest BCUT2D eigenvalue weighted by molar-refractivity contribution is 6.12. The third-order valence-corrected chi connectivity index (χ3v) is 3.33. The molecule has 1 amide bonds. The Bertz CT molecular complexity index is 835. The van der Waals surface area contributed by atoms with Crippen molar-refractivity contribution in [3.63, 3.8) is 0 Å². The zero-order chi connectivity index (χ0) is 15.0. The van der Waals surface area contributed by atoms with Crippen molar-refractivity contribution >= 4 is 22.6 Å². The minimum atomic E-state index is -0.153. The predicted molar refractivity (Wildman–Crippen MR) is 82.4 cm³/mol. The maximum absolute atomic E-state index is 12.6. The summed E-state index contributed by atoms with van der Waals surface area (Å²) in [7, 11) is 1.80. The molecule has 2 heterocycles. The summed E-state index contributed by atoms with van der Waals surface area (Å²) in [6.07, 6.45) is 0. The second-order valence-electron chi connectivity index (χ2n) is 5.08. The molecule has 0 spiro atoms. The number of hydrogen-bond donors (Lipinski definition) is 1. The van der Waals surface area contributed by atoms with Gasteiger partial charge in [0.05, 0.1) is 16.8 Å². The minimum absolute atomic E-state index is 0.153. The number of pyridine rings is 1. The van der Waals surface area contributed by atoms with Gasteiger partial charge in [-0.3, -0.25) is 14.5 Å². The van der Waals surface area contributed by atoms with E-state index in [9.17, 15) is 4.79 Å². The van der Waals surface area contributed by atoms with Crippen LogP contribution in [0.15, 0.2) is 36.4 Å². The summed E-state index contributed by atoms with van der Waals surface area (Å²) in [6, 6.07) is 11.3. The van der Waals surface area contributed by atoms with E-state index in [0.29, 0.717) is 11.4 Å². The Morgan fingerprint density at radius 2 is 1.90 bits per heavy atom. The molecule has 0 aliphatic rings. The van der Waals surface area contributed by atoms with Gasteiger partial charge in [0.15, 0.2) is 0 Å². The van der Waals surface area contributed by atoms with E-state index in [1.807, 2.05) is 44.2 Å². The van der Waals surface area contributed by atoms with Gasteiger partial charge in [0.1, 0.15) is 5.82 Å². The van der Waals surface area contributed by atoms with E-state index in [0.717, 1.165) is 22.3 Å². The highest BCUT2D eigenvalue weighted by Crippen LogP contribution is 2.19. The molecule has 0 fully saturated rings. The average molecular weight is 280 g/mol. The first-order valence-corrected chi connectivity index (χ1v) is 6.73. The van der Waals surface area contributed by atoms with E-state index in [1.165, 1.54) is 0 Å². The lowest BCUT2D eigenvalue weighted by atomic mass is 10.1. The van der Waals surface area contributed by atoms with Crippen LogP contribution in [-0.4, -0.2) is 20.7 Å². The number of aromatic nitrogens is 3. The number of fused-ring (bicyclic) bond motifs is 1. The number of benzene rings is 1. The quantitative estimate of drug-likeness (QED) is 0.785. The normalized spacial score (nSPS) is 10.8. The van der Waals surface area contributed by atoms with Crippen LogP contribution >= 0.6 is 0 Å². The number of amides is 1. The van der Waals surface area contributed by atoms with Crippen molar-refractivity contribution in [3.8, 4) is 0 Å². The van der Waals surface area contributed by atoms with Gasteiger partial charge in [-0.1, -0.05) is 18.2 Å². The van der Waals surface area contributed by atoms with Crippen molar-refractivity contribution in [2.24, 2.45) is 7.05 Å². The summed E-state index contributed by atoms with van der Waals surface area (Å²) in [5.74, 6) is 0.524. The Balaban J connectivity index is 2.03. The summed E-state index contributed by atoms with van der Waals surface area (Å²) in [5.41, 5.74) is 3.13. The molecule has 5 nitrogen and oxygen atoms in total. The first-order valence-electron chi connectivity index (χ1n) is 6.73. The standard InChI is InChI=1S/C16H16N4O/c1-10-8-13(12-6-4-5-7-14(12)17-10)16(21)18-15-9-11(2)19-20(15)3/h4-9H,1-3H3,(H,18,21). The average Bonchev–Trinajstić information content (AvgIpc) is 2.75. The maximum Gasteiger partial charge on any atom is 0.257 e. The SMILES string of the molecule is Cc1cc(C(=O)Nc2cc(C)nn2C)c2ccccc2n1. The summed E-state index contributed by atoms with van der Waals surface area (Å²) in [5, 5.41) is 7.97. The Labute approximate surface area is 122 Å². The van der Waals surface area contributed by atoms with Crippen molar-refractivity contribution in [1.29, 1.82) is 0 Å². The zero-order valence-corrected chi connectivity index (χ0v) is 12.2. The van der Waals surface area contributed by atoms with E-state index in [-0.39, 0.29) is 5.91 Å². The molecule has 0 atom stereocenters. The van der Waals surface area contributed by atoms with Gasteiger partial charge >= 0.3 is 0 Å². The molecular formula is C16H16N4O. The lowest BCUT2D eigenvalue weighted by Crippen LogP contribution is -2.15. The van der Waals surface area contributed by atoms with Crippen LogP contribution in [0.1, 0.15) is 21.7 Å². The van der Waals surface area contributed by atoms with E-state index in [4.69, 9.17) is 0 Å². The fourth-order valence-corrected chi connectivity index (χ4v) is 2.41. The summed E-state index contributed by atoms with van der Waals surface area (Å²) >= 11 is 0. The van der Waals surface area contributed by atoms with Crippen LogP contribution in [0.4, 0.5) is 5.82 Å². The molecule has 3 aromatic rings. The molecule has 21 heavy (non-hydrogen) atoms. The molecule has 0 saturated heterocycles. The minimum Gasteiger partial charge on any atom is -0.307 e. The van der Waals surface area contributed by atoms with E-state index >= 15 is 0 Å². The number of rotatable bonds is 2. The van der Waals surface area contributed by atoms with Gasteiger partial charge in [-0.05, 0) is 26.0 Å². The third kappa shape index (κ3) is 2.50. The first kappa shape index (κ1) is 13.3. The molecule has 5 heteroatoms. The van der Waals surface area contributed by atoms with E-state index in [1.54, 1.807) is 17.8 Å². The topological polar surface area (TPSA) is 59.8 Å². The van der Waals surface area contributed by atoms with Crippen LogP contribution in [0.5, 0.6) is 0 Å².